The third-order valence-corrected chi connectivity index (χ3v) is 8.81. The number of esters is 1. The number of rotatable bonds is 1. The third kappa shape index (κ3) is 16.9. The van der Waals surface area contributed by atoms with Crippen LogP contribution in [0.3, 0.4) is 0 Å². The van der Waals surface area contributed by atoms with Crippen LogP contribution in [-0.4, -0.2) is 108 Å². The summed E-state index contributed by atoms with van der Waals surface area (Å²) in [5.41, 5.74) is 0.379. The van der Waals surface area contributed by atoms with Gasteiger partial charge in [0.25, 0.3) is 0 Å². The largest absolute Gasteiger partial charge is 0.458 e. The van der Waals surface area contributed by atoms with Crippen LogP contribution >= 0.6 is 0 Å². The highest BCUT2D eigenvalue weighted by atomic mass is 16.6. The monoisotopic (exact) mass is 692 g/mol. The Morgan fingerprint density at radius 1 is 0.714 bits per heavy atom. The molecule has 11 atom stereocenters. The topological polar surface area (TPSA) is 197 Å². The molecule has 1 saturated heterocycles. The molecule has 2 bridgehead atoms. The second-order valence-corrected chi connectivity index (χ2v) is 14.0. The molecular formula is C38H60O11. The second kappa shape index (κ2) is 21.7. The van der Waals surface area contributed by atoms with Crippen LogP contribution < -0.4 is 0 Å². The molecule has 8 N–H and O–H groups in total. The van der Waals surface area contributed by atoms with Gasteiger partial charge in [0, 0.05) is 37.2 Å². The highest BCUT2D eigenvalue weighted by Gasteiger charge is 2.41. The van der Waals surface area contributed by atoms with Crippen LogP contribution in [0.4, 0.5) is 0 Å². The smallest absolute Gasteiger partial charge is 0.334 e. The van der Waals surface area contributed by atoms with Gasteiger partial charge in [0.2, 0.25) is 0 Å². The van der Waals surface area contributed by atoms with E-state index in [1.165, 1.54) is 12.2 Å². The van der Waals surface area contributed by atoms with Gasteiger partial charge in [0.05, 0.1) is 48.8 Å². The molecule has 2 heterocycles. The Morgan fingerprint density at radius 2 is 1.29 bits per heavy atom. The number of aliphatic hydroxyl groups is 8. The molecule has 2 aliphatic rings. The van der Waals surface area contributed by atoms with E-state index in [0.29, 0.717) is 18.4 Å². The summed E-state index contributed by atoms with van der Waals surface area (Å²) in [4.78, 5) is 12.8. The fraction of sp³-hybridized carbons (Fsp3) is 0.658. The summed E-state index contributed by atoms with van der Waals surface area (Å²) in [5, 5.41) is 84.6. The molecule has 49 heavy (non-hydrogen) atoms. The Labute approximate surface area is 291 Å². The van der Waals surface area contributed by atoms with E-state index >= 15 is 0 Å². The fourth-order valence-electron chi connectivity index (χ4n) is 6.23. The summed E-state index contributed by atoms with van der Waals surface area (Å²) in [7, 11) is 0. The molecule has 11 nitrogen and oxygen atoms in total. The first-order chi connectivity index (χ1) is 23.1. The number of allylic oxidation sites excluding steroid dienone is 8. The van der Waals surface area contributed by atoms with Gasteiger partial charge in [-0.05, 0) is 44.9 Å². The normalized spacial score (nSPS) is 37.6. The van der Waals surface area contributed by atoms with Crippen molar-refractivity contribution in [1.29, 1.82) is 0 Å². The van der Waals surface area contributed by atoms with Crippen molar-refractivity contribution in [2.75, 3.05) is 0 Å². The molecule has 0 aromatic heterocycles. The van der Waals surface area contributed by atoms with Crippen LogP contribution in [0.1, 0.15) is 85.5 Å². The van der Waals surface area contributed by atoms with Crippen LogP contribution in [0, 0.1) is 11.8 Å². The predicted molar refractivity (Wildman–Crippen MR) is 187 cm³/mol. The van der Waals surface area contributed by atoms with E-state index in [-0.39, 0.29) is 50.9 Å². The zero-order valence-electron chi connectivity index (χ0n) is 29.4. The summed E-state index contributed by atoms with van der Waals surface area (Å²) in [6.45, 7) is 7.15. The molecule has 0 spiro atoms. The Bertz CT molecular complexity index is 1160. The van der Waals surface area contributed by atoms with Crippen LogP contribution in [0.15, 0.2) is 72.4 Å². The summed E-state index contributed by atoms with van der Waals surface area (Å²) in [6, 6.07) is 0. The third-order valence-electron chi connectivity index (χ3n) is 8.81. The van der Waals surface area contributed by atoms with Gasteiger partial charge < -0.3 is 50.3 Å². The lowest BCUT2D eigenvalue weighted by Gasteiger charge is -2.40. The highest BCUT2D eigenvalue weighted by molar-refractivity contribution is 5.88. The molecule has 2 rings (SSSR count). The van der Waals surface area contributed by atoms with E-state index in [2.05, 4.69) is 0 Å². The van der Waals surface area contributed by atoms with Crippen molar-refractivity contribution in [3.63, 3.8) is 0 Å². The summed E-state index contributed by atoms with van der Waals surface area (Å²) < 4.78 is 11.6. The molecule has 0 aromatic rings. The van der Waals surface area contributed by atoms with Gasteiger partial charge >= 0.3 is 5.97 Å². The van der Waals surface area contributed by atoms with Crippen molar-refractivity contribution in [1.82, 2.24) is 0 Å². The number of hydrogen-bond acceptors (Lipinski definition) is 11. The number of aliphatic hydroxyl groups excluding tert-OH is 7. The lowest BCUT2D eigenvalue weighted by molar-refractivity contribution is -0.282. The van der Waals surface area contributed by atoms with Crippen molar-refractivity contribution >= 4 is 5.97 Å². The number of fused-ring (bicyclic) bond motifs is 2. The first-order valence-electron chi connectivity index (χ1n) is 17.5. The van der Waals surface area contributed by atoms with Gasteiger partial charge in [-0.2, -0.15) is 0 Å². The lowest BCUT2D eigenvalue weighted by atomic mass is 9.86. The minimum Gasteiger partial charge on any atom is -0.458 e. The molecule has 1 fully saturated rings. The van der Waals surface area contributed by atoms with Crippen molar-refractivity contribution < 1.29 is 55.1 Å². The first-order valence-corrected chi connectivity index (χ1v) is 17.5. The maximum absolute atomic E-state index is 12.8. The minimum absolute atomic E-state index is 0.0484. The zero-order valence-corrected chi connectivity index (χ0v) is 29.4. The van der Waals surface area contributed by atoms with E-state index in [9.17, 15) is 45.6 Å². The standard InChI is InChI=1S/C38H60O11/c1-25(2)36-27(4)35(45)22-31(42)20-30(41)18-28(39)15-13-16-29(40)19-32(43)23-38(47)24-33(44)21-34(49-38)17-12-10-8-6-5-7-9-11-14-26(3)37(46)48-36/h5-14,16,25,27-36,39-45,47H,15,17-24H2,1-4H3/t27-,28+,29-,30+,31-,32+,33-,34+,35-,36-,38-/m0/s1. The summed E-state index contributed by atoms with van der Waals surface area (Å²) in [6.07, 6.45) is 11.0. The Kier molecular flexibility index (Phi) is 18.9. The van der Waals surface area contributed by atoms with E-state index in [0.717, 1.165) is 0 Å². The van der Waals surface area contributed by atoms with Crippen LogP contribution in [-0.2, 0) is 14.3 Å². The molecule has 0 saturated carbocycles. The number of hydrogen-bond donors (Lipinski definition) is 8. The molecule has 11 heteroatoms. The summed E-state index contributed by atoms with van der Waals surface area (Å²) in [5.74, 6) is -2.88. The Hall–Kier alpha value is -2.45. The molecule has 0 amide bonds. The number of ether oxygens (including phenoxy) is 2. The fourth-order valence-corrected chi connectivity index (χ4v) is 6.23. The molecule has 0 aliphatic carbocycles. The van der Waals surface area contributed by atoms with Gasteiger partial charge in [0.1, 0.15) is 6.10 Å². The Balaban J connectivity index is 2.17. The molecule has 2 aliphatic heterocycles. The minimum atomic E-state index is -1.76. The van der Waals surface area contributed by atoms with Crippen LogP contribution in [0.2, 0.25) is 0 Å². The maximum Gasteiger partial charge on any atom is 0.334 e. The van der Waals surface area contributed by atoms with E-state index in [1.807, 2.05) is 44.2 Å². The first kappa shape index (κ1) is 42.7. The van der Waals surface area contributed by atoms with Gasteiger partial charge in [-0.15, -0.1) is 0 Å². The average molecular weight is 693 g/mol. The predicted octanol–water partition coefficient (Wildman–Crippen LogP) is 3.06. The van der Waals surface area contributed by atoms with Crippen LogP contribution in [0.5, 0.6) is 0 Å². The lowest BCUT2D eigenvalue weighted by Crippen LogP contribution is -2.48. The average Bonchev–Trinajstić information content (AvgIpc) is 2.98. The van der Waals surface area contributed by atoms with E-state index in [4.69, 9.17) is 9.47 Å². The van der Waals surface area contributed by atoms with Gasteiger partial charge in [-0.3, -0.25) is 0 Å². The van der Waals surface area contributed by atoms with Gasteiger partial charge in [0.15, 0.2) is 5.79 Å². The quantitative estimate of drug-likeness (QED) is 0.149. The van der Waals surface area contributed by atoms with Crippen molar-refractivity contribution in [3.05, 3.63) is 72.4 Å². The van der Waals surface area contributed by atoms with Crippen molar-refractivity contribution in [3.8, 4) is 0 Å². The second-order valence-electron chi connectivity index (χ2n) is 14.0. The van der Waals surface area contributed by atoms with E-state index < -0.39 is 72.6 Å². The maximum atomic E-state index is 12.8. The summed E-state index contributed by atoms with van der Waals surface area (Å²) >= 11 is 0. The molecule has 0 unspecified atom stereocenters. The van der Waals surface area contributed by atoms with E-state index in [1.54, 1.807) is 38.2 Å². The molecule has 0 radical (unpaired) electrons. The number of carbonyl (C=O) groups excluding carboxylic acids is 1. The van der Waals surface area contributed by atoms with Crippen LogP contribution in [0.25, 0.3) is 0 Å². The van der Waals surface area contributed by atoms with Gasteiger partial charge in [-0.1, -0.05) is 87.6 Å². The number of cyclic esters (lactones) is 1. The highest BCUT2D eigenvalue weighted by Crippen LogP contribution is 2.33. The zero-order chi connectivity index (χ0) is 36.6. The Morgan fingerprint density at radius 3 is 1.94 bits per heavy atom. The van der Waals surface area contributed by atoms with Gasteiger partial charge in [-0.25, -0.2) is 4.79 Å². The SMILES string of the molecule is CC1=CC=CC=CC=CC=CC[C@@H]2C[C@H](O)C[C@](O)(C[C@H](O)C[C@@H](O)C=CC[C@@H](O)C[C@@H](O)C[C@H](O)C[C@H](O)[C@H](C)[C@H](C(C)C)OC1=O)O2. The molecule has 278 valence electrons. The van der Waals surface area contributed by atoms with Crippen molar-refractivity contribution in [2.45, 2.75) is 146 Å². The number of carbonyl (C=O) groups is 1. The molecule has 0 aromatic carbocycles. The van der Waals surface area contributed by atoms with Crippen molar-refractivity contribution in [2.24, 2.45) is 11.8 Å². The molecular weight excluding hydrogens is 632 g/mol.